The van der Waals surface area contributed by atoms with E-state index in [1.54, 1.807) is 0 Å². The summed E-state index contributed by atoms with van der Waals surface area (Å²) >= 11 is 0. The Morgan fingerprint density at radius 2 is 2.14 bits per heavy atom. The van der Waals surface area contributed by atoms with Gasteiger partial charge in [0.2, 0.25) is 0 Å². The monoisotopic (exact) mass is 283 g/mol. The molecule has 2 heterocycles. The molecule has 0 amide bonds. The average Bonchev–Trinajstić information content (AvgIpc) is 2.96. The van der Waals surface area contributed by atoms with Gasteiger partial charge >= 0.3 is 0 Å². The highest BCUT2D eigenvalue weighted by Crippen LogP contribution is 2.31. The first-order chi connectivity index (χ1) is 10.2. The van der Waals surface area contributed by atoms with E-state index >= 15 is 0 Å². The minimum atomic E-state index is 0.139. The summed E-state index contributed by atoms with van der Waals surface area (Å²) in [6.07, 6.45) is 1.88. The molecule has 0 aliphatic carbocycles. The maximum atomic E-state index is 5.59. The first-order valence-corrected chi connectivity index (χ1v) is 7.49. The van der Waals surface area contributed by atoms with Crippen molar-refractivity contribution in [2.24, 2.45) is 0 Å². The zero-order valence-corrected chi connectivity index (χ0v) is 12.8. The minimum Gasteiger partial charge on any atom is -0.493 e. The van der Waals surface area contributed by atoms with Crippen molar-refractivity contribution in [3.05, 3.63) is 52.3 Å². The largest absolute Gasteiger partial charge is 0.493 e. The molecule has 0 spiro atoms. The Morgan fingerprint density at radius 3 is 2.90 bits per heavy atom. The number of ether oxygens (including phenoxy) is 1. The molecule has 4 nitrogen and oxygen atoms in total. The third kappa shape index (κ3) is 2.63. The lowest BCUT2D eigenvalue weighted by atomic mass is 9.94. The van der Waals surface area contributed by atoms with Crippen molar-refractivity contribution in [2.75, 3.05) is 13.7 Å². The highest BCUT2D eigenvalue weighted by atomic mass is 16.5. The van der Waals surface area contributed by atoms with Gasteiger partial charge in [-0.1, -0.05) is 19.1 Å². The summed E-state index contributed by atoms with van der Waals surface area (Å²) in [4.78, 5) is 0. The molecule has 1 N–H and O–H groups in total. The maximum absolute atomic E-state index is 5.59. The molecule has 1 aliphatic rings. The van der Waals surface area contributed by atoms with Gasteiger partial charge < -0.3 is 10.1 Å². The first kappa shape index (κ1) is 14.0. The fourth-order valence-electron chi connectivity index (χ4n) is 2.95. The number of hydrogen-bond donors (Lipinski definition) is 1. The van der Waals surface area contributed by atoms with Crippen molar-refractivity contribution < 1.29 is 4.74 Å². The normalized spacial score (nSPS) is 14.6. The smallest absolute Gasteiger partial charge is 0.122 e. The molecule has 0 fully saturated rings. The number of hydrogen-bond acceptors (Lipinski definition) is 4. The van der Waals surface area contributed by atoms with E-state index in [4.69, 9.17) is 4.74 Å². The van der Waals surface area contributed by atoms with Crippen molar-refractivity contribution >= 4 is 0 Å². The summed E-state index contributed by atoms with van der Waals surface area (Å²) in [6, 6.07) is 8.74. The summed E-state index contributed by atoms with van der Waals surface area (Å²) in [5, 5.41) is 11.9. The SMILES string of the molecule is CCc1nnc(C)cc1C(NC)c1ccc2c(c1)CCO2. The molecule has 1 aromatic heterocycles. The molecule has 1 aliphatic heterocycles. The van der Waals surface area contributed by atoms with Crippen molar-refractivity contribution in [3.63, 3.8) is 0 Å². The highest BCUT2D eigenvalue weighted by Gasteiger charge is 2.20. The van der Waals surface area contributed by atoms with E-state index in [2.05, 4.69) is 46.7 Å². The van der Waals surface area contributed by atoms with Crippen LogP contribution in [0.15, 0.2) is 24.3 Å². The van der Waals surface area contributed by atoms with Gasteiger partial charge in [-0.3, -0.25) is 0 Å². The number of nitrogens with one attached hydrogen (secondary N) is 1. The summed E-state index contributed by atoms with van der Waals surface area (Å²) in [7, 11) is 1.99. The molecule has 1 atom stereocenters. The molecular formula is C17H21N3O. The second-order valence-electron chi connectivity index (χ2n) is 5.43. The van der Waals surface area contributed by atoms with Crippen LogP contribution in [0.2, 0.25) is 0 Å². The van der Waals surface area contributed by atoms with Gasteiger partial charge in [0.05, 0.1) is 24.0 Å². The predicted molar refractivity (Wildman–Crippen MR) is 82.7 cm³/mol. The van der Waals surface area contributed by atoms with Crippen LogP contribution in [-0.2, 0) is 12.8 Å². The standard InChI is InChI=1S/C17H21N3O/c1-4-15-14(9-11(2)19-20-15)17(18-3)13-5-6-16-12(10-13)7-8-21-16/h5-6,9-10,17-18H,4,7-8H2,1-3H3. The molecule has 0 saturated heterocycles. The zero-order valence-electron chi connectivity index (χ0n) is 12.8. The lowest BCUT2D eigenvalue weighted by molar-refractivity contribution is 0.357. The van der Waals surface area contributed by atoms with Gasteiger partial charge in [0.1, 0.15) is 5.75 Å². The molecule has 110 valence electrons. The Hall–Kier alpha value is -1.94. The Labute approximate surface area is 125 Å². The maximum Gasteiger partial charge on any atom is 0.122 e. The van der Waals surface area contributed by atoms with Crippen molar-refractivity contribution in [1.82, 2.24) is 15.5 Å². The summed E-state index contributed by atoms with van der Waals surface area (Å²) in [5.74, 6) is 1.02. The van der Waals surface area contributed by atoms with Gasteiger partial charge in [-0.15, -0.1) is 0 Å². The minimum absolute atomic E-state index is 0.139. The van der Waals surface area contributed by atoms with Crippen molar-refractivity contribution in [1.29, 1.82) is 0 Å². The van der Waals surface area contributed by atoms with Gasteiger partial charge in [-0.05, 0) is 49.2 Å². The van der Waals surface area contributed by atoms with Crippen LogP contribution in [0.5, 0.6) is 5.75 Å². The molecule has 3 rings (SSSR count). The summed E-state index contributed by atoms with van der Waals surface area (Å²) in [5.41, 5.74) is 5.77. The number of aryl methyl sites for hydroxylation is 2. The Bertz CT molecular complexity index is 654. The third-order valence-corrected chi connectivity index (χ3v) is 4.01. The molecule has 1 aromatic carbocycles. The molecule has 21 heavy (non-hydrogen) atoms. The number of fused-ring (bicyclic) bond motifs is 1. The zero-order chi connectivity index (χ0) is 14.8. The number of nitrogens with zero attached hydrogens (tertiary/aromatic N) is 2. The lowest BCUT2D eigenvalue weighted by Gasteiger charge is -2.20. The molecular weight excluding hydrogens is 262 g/mol. The van der Waals surface area contributed by atoms with Crippen LogP contribution in [0.25, 0.3) is 0 Å². The molecule has 4 heteroatoms. The van der Waals surface area contributed by atoms with Crippen LogP contribution in [0.1, 0.15) is 41.0 Å². The molecule has 0 saturated carbocycles. The fourth-order valence-corrected chi connectivity index (χ4v) is 2.95. The fraction of sp³-hybridized carbons (Fsp3) is 0.412. The van der Waals surface area contributed by atoms with Crippen LogP contribution < -0.4 is 10.1 Å². The van der Waals surface area contributed by atoms with Gasteiger partial charge in [-0.25, -0.2) is 0 Å². The average molecular weight is 283 g/mol. The van der Waals surface area contributed by atoms with Crippen LogP contribution in [0, 0.1) is 6.92 Å². The number of aromatic nitrogens is 2. The molecule has 2 aromatic rings. The molecule has 1 unspecified atom stereocenters. The molecule has 0 bridgehead atoms. The van der Waals surface area contributed by atoms with E-state index in [9.17, 15) is 0 Å². The number of benzene rings is 1. The third-order valence-electron chi connectivity index (χ3n) is 4.01. The highest BCUT2D eigenvalue weighted by molar-refractivity contribution is 5.44. The quantitative estimate of drug-likeness (QED) is 0.937. The van der Waals surface area contributed by atoms with Crippen LogP contribution in [0.3, 0.4) is 0 Å². The van der Waals surface area contributed by atoms with Crippen molar-refractivity contribution in [2.45, 2.75) is 32.7 Å². The summed E-state index contributed by atoms with van der Waals surface area (Å²) in [6.45, 7) is 4.89. The van der Waals surface area contributed by atoms with Crippen LogP contribution >= 0.6 is 0 Å². The van der Waals surface area contributed by atoms with E-state index in [0.717, 1.165) is 36.6 Å². The Morgan fingerprint density at radius 1 is 1.29 bits per heavy atom. The second kappa shape index (κ2) is 5.82. The van der Waals surface area contributed by atoms with E-state index in [0.29, 0.717) is 0 Å². The van der Waals surface area contributed by atoms with Gasteiger partial charge in [0, 0.05) is 6.42 Å². The van der Waals surface area contributed by atoms with E-state index < -0.39 is 0 Å². The van der Waals surface area contributed by atoms with Crippen LogP contribution in [0.4, 0.5) is 0 Å². The van der Waals surface area contributed by atoms with E-state index in [1.807, 2.05) is 14.0 Å². The Balaban J connectivity index is 2.04. The summed E-state index contributed by atoms with van der Waals surface area (Å²) < 4.78 is 5.59. The predicted octanol–water partition coefficient (Wildman–Crippen LogP) is 2.59. The molecule has 0 radical (unpaired) electrons. The van der Waals surface area contributed by atoms with E-state index in [1.165, 1.54) is 16.7 Å². The topological polar surface area (TPSA) is 47.0 Å². The first-order valence-electron chi connectivity index (χ1n) is 7.49. The van der Waals surface area contributed by atoms with E-state index in [-0.39, 0.29) is 6.04 Å². The lowest BCUT2D eigenvalue weighted by Crippen LogP contribution is -2.20. The van der Waals surface area contributed by atoms with Crippen molar-refractivity contribution in [3.8, 4) is 5.75 Å². The number of rotatable bonds is 4. The van der Waals surface area contributed by atoms with Crippen LogP contribution in [-0.4, -0.2) is 23.9 Å². The second-order valence-corrected chi connectivity index (χ2v) is 5.43. The van der Waals surface area contributed by atoms with Gasteiger partial charge in [0.15, 0.2) is 0 Å². The van der Waals surface area contributed by atoms with Gasteiger partial charge in [0.25, 0.3) is 0 Å². The van der Waals surface area contributed by atoms with Gasteiger partial charge in [-0.2, -0.15) is 10.2 Å². The Kier molecular flexibility index (Phi) is 3.88.